The number of likely N-dealkylation sites (tertiary alicyclic amines) is 1. The average Bonchev–Trinajstić information content (AvgIpc) is 3.30. The summed E-state index contributed by atoms with van der Waals surface area (Å²) in [6.07, 6.45) is 2.35. The lowest BCUT2D eigenvalue weighted by Crippen LogP contribution is -2.38. The summed E-state index contributed by atoms with van der Waals surface area (Å²) >= 11 is 0. The van der Waals surface area contributed by atoms with E-state index in [1.165, 1.54) is 6.07 Å². The molecule has 3 atom stereocenters. The smallest absolute Gasteiger partial charge is 0.226 e. The van der Waals surface area contributed by atoms with E-state index in [1.807, 2.05) is 43.3 Å². The monoisotopic (exact) mass is 416 g/mol. The van der Waals surface area contributed by atoms with Crippen molar-refractivity contribution in [3.05, 3.63) is 59.4 Å². The second-order valence-electron chi connectivity index (χ2n) is 8.18. The summed E-state index contributed by atoms with van der Waals surface area (Å²) in [6.45, 7) is 2.77. The van der Waals surface area contributed by atoms with Gasteiger partial charge in [-0.25, -0.2) is 17.5 Å². The molecule has 1 saturated heterocycles. The average molecular weight is 417 g/mol. The first-order valence-electron chi connectivity index (χ1n) is 9.84. The number of aryl methyl sites for hydroxylation is 1. The Morgan fingerprint density at radius 1 is 1.21 bits per heavy atom. The number of sulfonamides is 1. The van der Waals surface area contributed by atoms with Crippen LogP contribution in [0, 0.1) is 18.7 Å². The van der Waals surface area contributed by atoms with Crippen LogP contribution in [0.4, 0.5) is 4.39 Å². The lowest BCUT2D eigenvalue weighted by Gasteiger charge is -2.18. The molecule has 0 spiro atoms. The maximum absolute atomic E-state index is 14.9. The van der Waals surface area contributed by atoms with Gasteiger partial charge < -0.3 is 4.90 Å². The van der Waals surface area contributed by atoms with Gasteiger partial charge in [0.15, 0.2) is 0 Å². The predicted molar refractivity (Wildman–Crippen MR) is 110 cm³/mol. The summed E-state index contributed by atoms with van der Waals surface area (Å²) in [6, 6.07) is 13.0. The van der Waals surface area contributed by atoms with Gasteiger partial charge in [0.25, 0.3) is 0 Å². The van der Waals surface area contributed by atoms with E-state index in [-0.39, 0.29) is 29.6 Å². The van der Waals surface area contributed by atoms with E-state index in [4.69, 9.17) is 0 Å². The molecule has 1 aliphatic heterocycles. The topological polar surface area (TPSA) is 66.5 Å². The number of rotatable bonds is 5. The largest absolute Gasteiger partial charge is 0.341 e. The van der Waals surface area contributed by atoms with Crippen LogP contribution in [-0.2, 0) is 14.8 Å². The number of hydrogen-bond donors (Lipinski definition) is 1. The molecule has 7 heteroatoms. The third kappa shape index (κ3) is 4.36. The Labute approximate surface area is 171 Å². The van der Waals surface area contributed by atoms with Crippen LogP contribution in [0.25, 0.3) is 11.1 Å². The third-order valence-corrected chi connectivity index (χ3v) is 6.48. The number of benzene rings is 2. The van der Waals surface area contributed by atoms with Gasteiger partial charge in [0.05, 0.1) is 6.26 Å². The van der Waals surface area contributed by atoms with Crippen molar-refractivity contribution in [3.8, 4) is 11.1 Å². The molecule has 2 aromatic carbocycles. The van der Waals surface area contributed by atoms with Crippen LogP contribution in [-0.4, -0.2) is 44.6 Å². The van der Waals surface area contributed by atoms with E-state index in [0.717, 1.165) is 22.9 Å². The number of carbonyl (C=O) groups excluding carboxylic acids is 1. The molecule has 1 aliphatic carbocycles. The minimum Gasteiger partial charge on any atom is -0.341 e. The molecule has 0 aromatic heterocycles. The first-order valence-corrected chi connectivity index (χ1v) is 11.7. The fourth-order valence-electron chi connectivity index (χ4n) is 4.37. The Morgan fingerprint density at radius 3 is 2.62 bits per heavy atom. The highest BCUT2D eigenvalue weighted by molar-refractivity contribution is 7.88. The molecule has 29 heavy (non-hydrogen) atoms. The van der Waals surface area contributed by atoms with E-state index in [9.17, 15) is 17.6 Å². The summed E-state index contributed by atoms with van der Waals surface area (Å²) in [7, 11) is -3.30. The van der Waals surface area contributed by atoms with Crippen LogP contribution >= 0.6 is 0 Å². The molecule has 1 heterocycles. The minimum absolute atomic E-state index is 0.00760. The lowest BCUT2D eigenvalue weighted by molar-refractivity contribution is -0.131. The molecule has 5 nitrogen and oxygen atoms in total. The first-order chi connectivity index (χ1) is 13.7. The lowest BCUT2D eigenvalue weighted by atomic mass is 9.93. The number of halogens is 1. The van der Waals surface area contributed by atoms with Crippen LogP contribution in [0.15, 0.2) is 42.5 Å². The van der Waals surface area contributed by atoms with E-state index in [2.05, 4.69) is 4.72 Å². The molecular formula is C22H25FN2O3S. The van der Waals surface area contributed by atoms with Crippen LogP contribution < -0.4 is 4.72 Å². The third-order valence-electron chi connectivity index (χ3n) is 5.72. The molecule has 0 bridgehead atoms. The van der Waals surface area contributed by atoms with E-state index < -0.39 is 10.0 Å². The van der Waals surface area contributed by atoms with Gasteiger partial charge in [-0.2, -0.15) is 0 Å². The van der Waals surface area contributed by atoms with Crippen LogP contribution in [0.3, 0.4) is 0 Å². The number of amides is 1. The summed E-state index contributed by atoms with van der Waals surface area (Å²) in [5.74, 6) is -0.652. The normalized spacial score (nSPS) is 24.0. The molecule has 1 amide bonds. The van der Waals surface area contributed by atoms with Gasteiger partial charge >= 0.3 is 0 Å². The number of nitrogens with zero attached hydrogens (tertiary/aromatic N) is 1. The molecule has 2 aliphatic rings. The van der Waals surface area contributed by atoms with Crippen LogP contribution in [0.2, 0.25) is 0 Å². The Bertz CT molecular complexity index is 1040. The maximum Gasteiger partial charge on any atom is 0.226 e. The summed E-state index contributed by atoms with van der Waals surface area (Å²) in [5.41, 5.74) is 3.26. The predicted octanol–water partition coefficient (Wildman–Crippen LogP) is 3.05. The standard InChI is InChI=1S/C22H25FN2O3S/c1-14-10-17(15-6-4-3-5-7-15)21(20(23)11-14)18-12-19(18)22(26)25-9-8-16(13-25)24-29(2,27)28/h3-7,10-11,16,18-19,24H,8-9,12-13H2,1-2H3/t16-,18+,19+/m0/s1. The Hall–Kier alpha value is -2.25. The second kappa shape index (κ2) is 7.54. The van der Waals surface area contributed by atoms with Gasteiger partial charge in [-0.05, 0) is 54.0 Å². The van der Waals surface area contributed by atoms with E-state index in [1.54, 1.807) is 4.90 Å². The Kier molecular flexibility index (Phi) is 5.21. The maximum atomic E-state index is 14.9. The minimum atomic E-state index is -3.30. The highest BCUT2D eigenvalue weighted by atomic mass is 32.2. The van der Waals surface area contributed by atoms with Crippen LogP contribution in [0.5, 0.6) is 0 Å². The number of nitrogens with one attached hydrogen (secondary N) is 1. The zero-order valence-corrected chi connectivity index (χ0v) is 17.4. The summed E-state index contributed by atoms with van der Waals surface area (Å²) in [5, 5.41) is 0. The molecule has 2 fully saturated rings. The molecule has 154 valence electrons. The first kappa shape index (κ1) is 20.0. The van der Waals surface area contributed by atoms with Crippen molar-refractivity contribution in [3.63, 3.8) is 0 Å². The van der Waals surface area contributed by atoms with Crippen molar-refractivity contribution in [2.45, 2.75) is 31.7 Å². The van der Waals surface area contributed by atoms with Crippen molar-refractivity contribution in [1.29, 1.82) is 0 Å². The van der Waals surface area contributed by atoms with Crippen molar-refractivity contribution in [1.82, 2.24) is 9.62 Å². The number of hydrogen-bond acceptors (Lipinski definition) is 3. The van der Waals surface area contributed by atoms with Gasteiger partial charge in [0.1, 0.15) is 5.82 Å². The fourth-order valence-corrected chi connectivity index (χ4v) is 5.17. The SMILES string of the molecule is Cc1cc(F)c([C@@H]2C[C@H]2C(=O)N2CC[C@H](NS(C)(=O)=O)C2)c(-c2ccccc2)c1. The van der Waals surface area contributed by atoms with Gasteiger partial charge in [0, 0.05) is 25.0 Å². The number of carbonyl (C=O) groups is 1. The fraction of sp³-hybridized carbons (Fsp3) is 0.409. The second-order valence-corrected chi connectivity index (χ2v) is 9.96. The zero-order valence-electron chi connectivity index (χ0n) is 16.6. The Morgan fingerprint density at radius 2 is 1.93 bits per heavy atom. The highest BCUT2D eigenvalue weighted by Gasteiger charge is 2.49. The molecule has 1 N–H and O–H groups in total. The molecule has 0 radical (unpaired) electrons. The van der Waals surface area contributed by atoms with E-state index >= 15 is 0 Å². The molecule has 4 rings (SSSR count). The van der Waals surface area contributed by atoms with Gasteiger partial charge in [-0.3, -0.25) is 4.79 Å². The molecule has 0 unspecified atom stereocenters. The highest BCUT2D eigenvalue weighted by Crippen LogP contribution is 2.52. The molecule has 1 saturated carbocycles. The van der Waals surface area contributed by atoms with Crippen LogP contribution in [0.1, 0.15) is 29.9 Å². The quantitative estimate of drug-likeness (QED) is 0.815. The molecular weight excluding hydrogens is 391 g/mol. The van der Waals surface area contributed by atoms with Crippen molar-refractivity contribution >= 4 is 15.9 Å². The van der Waals surface area contributed by atoms with Crippen molar-refractivity contribution < 1.29 is 17.6 Å². The van der Waals surface area contributed by atoms with Gasteiger partial charge in [-0.1, -0.05) is 36.4 Å². The Balaban J connectivity index is 1.53. The van der Waals surface area contributed by atoms with Crippen molar-refractivity contribution in [2.24, 2.45) is 5.92 Å². The summed E-state index contributed by atoms with van der Waals surface area (Å²) < 4.78 is 40.4. The van der Waals surface area contributed by atoms with Gasteiger partial charge in [-0.15, -0.1) is 0 Å². The van der Waals surface area contributed by atoms with Crippen molar-refractivity contribution in [2.75, 3.05) is 19.3 Å². The van der Waals surface area contributed by atoms with E-state index in [0.29, 0.717) is 31.5 Å². The molecule has 2 aromatic rings. The van der Waals surface area contributed by atoms with Gasteiger partial charge in [0.2, 0.25) is 15.9 Å². The zero-order chi connectivity index (χ0) is 20.8. The summed E-state index contributed by atoms with van der Waals surface area (Å²) in [4.78, 5) is 14.7.